The van der Waals surface area contributed by atoms with Crippen LogP contribution in [0.3, 0.4) is 0 Å². The van der Waals surface area contributed by atoms with E-state index in [-0.39, 0.29) is 5.25 Å². The molecule has 56 valence electrons. The number of aliphatic hydroxyl groups excluding tert-OH is 1. The maximum absolute atomic E-state index is 8.64. The highest BCUT2D eigenvalue weighted by molar-refractivity contribution is 7.81. The van der Waals surface area contributed by atoms with E-state index >= 15 is 0 Å². The lowest BCUT2D eigenvalue weighted by molar-refractivity contribution is -0.0842. The monoisotopic (exact) mass is 150 g/mol. The maximum Gasteiger partial charge on any atom is 0.151 e. The van der Waals surface area contributed by atoms with Gasteiger partial charge in [0.15, 0.2) is 6.29 Å². The lowest BCUT2D eigenvalue weighted by atomic mass is 10.3. The summed E-state index contributed by atoms with van der Waals surface area (Å²) in [6.07, 6.45) is 0.307. The minimum atomic E-state index is -0.661. The lowest BCUT2D eigenvalue weighted by Crippen LogP contribution is -2.14. The summed E-state index contributed by atoms with van der Waals surface area (Å²) < 4.78 is 4.87. The van der Waals surface area contributed by atoms with Gasteiger partial charge in [-0.3, -0.25) is 0 Å². The van der Waals surface area contributed by atoms with Gasteiger partial charge in [-0.1, -0.05) is 6.92 Å². The molecule has 0 rings (SSSR count). The normalized spacial score (nSPS) is 17.3. The largest absolute Gasteiger partial charge is 0.368 e. The average Bonchev–Trinajstić information content (AvgIpc) is 1.83. The molecule has 3 heteroatoms. The van der Waals surface area contributed by atoms with Gasteiger partial charge in [-0.2, -0.15) is 12.6 Å². The molecule has 0 amide bonds. The zero-order chi connectivity index (χ0) is 7.28. The van der Waals surface area contributed by atoms with E-state index in [4.69, 9.17) is 9.84 Å². The first-order valence-electron chi connectivity index (χ1n) is 3.14. The van der Waals surface area contributed by atoms with E-state index in [0.717, 1.165) is 6.42 Å². The summed E-state index contributed by atoms with van der Waals surface area (Å²) in [5.74, 6) is 0. The number of rotatable bonds is 4. The summed E-state index contributed by atoms with van der Waals surface area (Å²) >= 11 is 4.17. The van der Waals surface area contributed by atoms with Crippen molar-refractivity contribution in [3.63, 3.8) is 0 Å². The van der Waals surface area contributed by atoms with Crippen LogP contribution in [-0.4, -0.2) is 23.3 Å². The Morgan fingerprint density at radius 2 is 2.22 bits per heavy atom. The number of hydrogen-bond donors (Lipinski definition) is 2. The molecule has 0 aliphatic carbocycles. The second kappa shape index (κ2) is 5.09. The van der Waals surface area contributed by atoms with Crippen molar-refractivity contribution in [2.75, 3.05) is 6.61 Å². The third kappa shape index (κ3) is 6.15. The molecule has 0 heterocycles. The van der Waals surface area contributed by atoms with Crippen molar-refractivity contribution < 1.29 is 9.84 Å². The van der Waals surface area contributed by atoms with Gasteiger partial charge in [-0.25, -0.2) is 0 Å². The van der Waals surface area contributed by atoms with Crippen molar-refractivity contribution >= 4 is 12.6 Å². The van der Waals surface area contributed by atoms with E-state index in [9.17, 15) is 0 Å². The first kappa shape index (κ1) is 9.27. The maximum atomic E-state index is 8.64. The predicted molar refractivity (Wildman–Crippen MR) is 40.7 cm³/mol. The van der Waals surface area contributed by atoms with E-state index < -0.39 is 6.29 Å². The second-order valence-electron chi connectivity index (χ2n) is 1.99. The standard InChI is InChI=1S/C6H14O2S/c1-3-6(9)4-8-5(2)7/h5-7,9H,3-4H2,1-2H3. The van der Waals surface area contributed by atoms with Crippen LogP contribution in [0.1, 0.15) is 20.3 Å². The highest BCUT2D eigenvalue weighted by Crippen LogP contribution is 2.01. The molecule has 2 nitrogen and oxygen atoms in total. The van der Waals surface area contributed by atoms with E-state index in [1.54, 1.807) is 6.92 Å². The summed E-state index contributed by atoms with van der Waals surface area (Å²) in [4.78, 5) is 0. The molecule has 0 saturated heterocycles. The third-order valence-electron chi connectivity index (χ3n) is 1.00. The Morgan fingerprint density at radius 1 is 1.67 bits per heavy atom. The first-order chi connectivity index (χ1) is 4.16. The molecule has 1 N–H and O–H groups in total. The number of thiol groups is 1. The fourth-order valence-electron chi connectivity index (χ4n) is 0.368. The highest BCUT2D eigenvalue weighted by atomic mass is 32.1. The van der Waals surface area contributed by atoms with Crippen molar-refractivity contribution in [1.29, 1.82) is 0 Å². The van der Waals surface area contributed by atoms with Gasteiger partial charge in [-0.05, 0) is 13.3 Å². The number of aliphatic hydroxyl groups is 1. The molecule has 0 aromatic heterocycles. The highest BCUT2D eigenvalue weighted by Gasteiger charge is 2.00. The third-order valence-corrected chi connectivity index (χ3v) is 1.52. The minimum absolute atomic E-state index is 0.250. The van der Waals surface area contributed by atoms with Gasteiger partial charge >= 0.3 is 0 Å². The van der Waals surface area contributed by atoms with Gasteiger partial charge in [0.05, 0.1) is 6.61 Å². The SMILES string of the molecule is CCC(S)COC(C)O. The molecule has 0 spiro atoms. The van der Waals surface area contributed by atoms with Crippen LogP contribution in [0.2, 0.25) is 0 Å². The van der Waals surface area contributed by atoms with Gasteiger partial charge in [0.2, 0.25) is 0 Å². The fourth-order valence-corrected chi connectivity index (χ4v) is 0.454. The quantitative estimate of drug-likeness (QED) is 0.463. The molecule has 2 atom stereocenters. The molecule has 0 saturated carbocycles. The summed E-state index contributed by atoms with van der Waals surface area (Å²) in [5, 5.41) is 8.89. The van der Waals surface area contributed by atoms with Gasteiger partial charge in [0, 0.05) is 5.25 Å². The Kier molecular flexibility index (Phi) is 5.24. The van der Waals surface area contributed by atoms with Crippen LogP contribution in [-0.2, 0) is 4.74 Å². The molecule has 0 aromatic carbocycles. The number of ether oxygens (including phenoxy) is 1. The van der Waals surface area contributed by atoms with Gasteiger partial charge in [-0.15, -0.1) is 0 Å². The predicted octanol–water partition coefficient (Wildman–Crippen LogP) is 1.05. The lowest BCUT2D eigenvalue weighted by Gasteiger charge is -2.09. The smallest absolute Gasteiger partial charge is 0.151 e. The Morgan fingerprint density at radius 3 is 2.56 bits per heavy atom. The van der Waals surface area contributed by atoms with E-state index in [0.29, 0.717) is 6.61 Å². The van der Waals surface area contributed by atoms with Crippen LogP contribution in [0, 0.1) is 0 Å². The summed E-state index contributed by atoms with van der Waals surface area (Å²) in [7, 11) is 0. The van der Waals surface area contributed by atoms with Crippen molar-refractivity contribution in [3.8, 4) is 0 Å². The topological polar surface area (TPSA) is 29.5 Å². The van der Waals surface area contributed by atoms with E-state index in [2.05, 4.69) is 12.6 Å². The summed E-state index contributed by atoms with van der Waals surface area (Å²) in [5.41, 5.74) is 0. The molecule has 0 aliphatic rings. The van der Waals surface area contributed by atoms with E-state index in [1.807, 2.05) is 6.92 Å². The van der Waals surface area contributed by atoms with Crippen molar-refractivity contribution in [3.05, 3.63) is 0 Å². The van der Waals surface area contributed by atoms with Gasteiger partial charge < -0.3 is 9.84 Å². The molecule has 2 unspecified atom stereocenters. The summed E-state index contributed by atoms with van der Waals surface area (Å²) in [6, 6.07) is 0. The summed E-state index contributed by atoms with van der Waals surface area (Å²) in [6.45, 7) is 4.15. The molecule has 0 bridgehead atoms. The van der Waals surface area contributed by atoms with E-state index in [1.165, 1.54) is 0 Å². The molecular weight excluding hydrogens is 136 g/mol. The zero-order valence-corrected chi connectivity index (χ0v) is 6.77. The molecule has 0 radical (unpaired) electrons. The Labute approximate surface area is 61.6 Å². The molecule has 0 fully saturated rings. The van der Waals surface area contributed by atoms with Crippen molar-refractivity contribution in [2.24, 2.45) is 0 Å². The molecule has 9 heavy (non-hydrogen) atoms. The minimum Gasteiger partial charge on any atom is -0.368 e. The zero-order valence-electron chi connectivity index (χ0n) is 5.87. The van der Waals surface area contributed by atoms with Gasteiger partial charge in [0.25, 0.3) is 0 Å². The molecule has 0 aliphatic heterocycles. The molecular formula is C6H14O2S. The van der Waals surface area contributed by atoms with Crippen LogP contribution >= 0.6 is 12.6 Å². The van der Waals surface area contributed by atoms with Crippen LogP contribution in [0.5, 0.6) is 0 Å². The first-order valence-corrected chi connectivity index (χ1v) is 3.66. The average molecular weight is 150 g/mol. The van der Waals surface area contributed by atoms with Crippen molar-refractivity contribution in [2.45, 2.75) is 31.8 Å². The Bertz CT molecular complexity index is 66.1. The fraction of sp³-hybridized carbons (Fsp3) is 1.00. The van der Waals surface area contributed by atoms with Gasteiger partial charge in [0.1, 0.15) is 0 Å². The van der Waals surface area contributed by atoms with Crippen LogP contribution in [0.25, 0.3) is 0 Å². The second-order valence-corrected chi connectivity index (χ2v) is 2.73. The van der Waals surface area contributed by atoms with Crippen LogP contribution < -0.4 is 0 Å². The molecule has 0 aromatic rings. The Hall–Kier alpha value is 0.270. The number of hydrogen-bond acceptors (Lipinski definition) is 3. The Balaban J connectivity index is 3.06. The van der Waals surface area contributed by atoms with Crippen molar-refractivity contribution in [1.82, 2.24) is 0 Å². The van der Waals surface area contributed by atoms with Crippen LogP contribution in [0.15, 0.2) is 0 Å². The van der Waals surface area contributed by atoms with Crippen LogP contribution in [0.4, 0.5) is 0 Å².